The van der Waals surface area contributed by atoms with Crippen LogP contribution in [0.4, 0.5) is 5.69 Å². The number of hydrogen-bond donors (Lipinski definition) is 1. The summed E-state index contributed by atoms with van der Waals surface area (Å²) in [6.45, 7) is 3.77. The van der Waals surface area contributed by atoms with Gasteiger partial charge < -0.3 is 14.6 Å². The number of halogens is 1. The zero-order chi connectivity index (χ0) is 17.1. The highest BCUT2D eigenvalue weighted by Crippen LogP contribution is 2.25. The first-order valence-electron chi connectivity index (χ1n) is 7.88. The monoisotopic (exact) mass is 453 g/mol. The van der Waals surface area contributed by atoms with Gasteiger partial charge in [0.1, 0.15) is 5.82 Å². The van der Waals surface area contributed by atoms with Crippen molar-refractivity contribution in [2.45, 2.75) is 13.5 Å². The molecule has 126 valence electrons. The number of thiophene rings is 1. The average Bonchev–Trinajstić information content (AvgIpc) is 3.15. The van der Waals surface area contributed by atoms with Crippen LogP contribution in [0.5, 0.6) is 0 Å². The van der Waals surface area contributed by atoms with E-state index in [1.807, 2.05) is 7.05 Å². The lowest BCUT2D eigenvalue weighted by molar-refractivity contribution is 0.304. The van der Waals surface area contributed by atoms with Crippen LogP contribution in [0.25, 0.3) is 23.2 Å². The molecule has 3 aromatic rings. The molecule has 0 atom stereocenters. The number of aliphatic hydroxyl groups is 1. The van der Waals surface area contributed by atoms with Gasteiger partial charge in [-0.05, 0) is 72.0 Å². The number of aryl methyl sites for hydroxylation is 1. The molecule has 2 heterocycles. The van der Waals surface area contributed by atoms with Gasteiger partial charge in [-0.15, -0.1) is 11.3 Å². The lowest BCUT2D eigenvalue weighted by Crippen LogP contribution is -2.20. The van der Waals surface area contributed by atoms with Gasteiger partial charge in [-0.25, -0.2) is 4.98 Å². The minimum Gasteiger partial charge on any atom is -0.395 e. The van der Waals surface area contributed by atoms with E-state index < -0.39 is 0 Å². The number of hydrogen-bond acceptors (Lipinski definition) is 4. The fourth-order valence-corrected chi connectivity index (χ4v) is 4.26. The van der Waals surface area contributed by atoms with Crippen LogP contribution in [-0.2, 0) is 6.54 Å². The van der Waals surface area contributed by atoms with Gasteiger partial charge in [0.15, 0.2) is 0 Å². The van der Waals surface area contributed by atoms with Crippen LogP contribution >= 0.6 is 33.9 Å². The fourth-order valence-electron chi connectivity index (χ4n) is 2.68. The highest BCUT2D eigenvalue weighted by molar-refractivity contribution is 14.1. The largest absolute Gasteiger partial charge is 0.395 e. The van der Waals surface area contributed by atoms with Crippen LogP contribution in [-0.4, -0.2) is 34.9 Å². The number of likely N-dealkylation sites (N-methyl/N-ethyl adjacent to an activating group) is 1. The van der Waals surface area contributed by atoms with Crippen molar-refractivity contribution in [3.05, 3.63) is 43.9 Å². The summed E-state index contributed by atoms with van der Waals surface area (Å²) in [6.07, 6.45) is 4.21. The zero-order valence-corrected chi connectivity index (χ0v) is 16.7. The minimum atomic E-state index is 0.148. The highest BCUT2D eigenvalue weighted by Gasteiger charge is 2.10. The Morgan fingerprint density at radius 3 is 2.79 bits per heavy atom. The Morgan fingerprint density at radius 1 is 1.29 bits per heavy atom. The molecule has 24 heavy (non-hydrogen) atoms. The van der Waals surface area contributed by atoms with Crippen LogP contribution in [0.2, 0.25) is 0 Å². The first-order chi connectivity index (χ1) is 11.6. The van der Waals surface area contributed by atoms with Gasteiger partial charge in [0.25, 0.3) is 0 Å². The van der Waals surface area contributed by atoms with Crippen LogP contribution in [0, 0.1) is 2.88 Å². The topological polar surface area (TPSA) is 41.3 Å². The second-order valence-corrected chi connectivity index (χ2v) is 8.52. The molecule has 0 saturated heterocycles. The second-order valence-electron chi connectivity index (χ2n) is 5.51. The summed E-state index contributed by atoms with van der Waals surface area (Å²) in [7, 11) is 1.99. The van der Waals surface area contributed by atoms with Gasteiger partial charge in [-0.1, -0.05) is 0 Å². The van der Waals surface area contributed by atoms with E-state index >= 15 is 0 Å². The molecule has 6 heteroatoms. The minimum absolute atomic E-state index is 0.148. The number of aliphatic hydroxyl groups excluding tert-OH is 1. The number of imidazole rings is 1. The van der Waals surface area contributed by atoms with Gasteiger partial charge in [-0.2, -0.15) is 0 Å². The molecule has 2 aromatic heterocycles. The van der Waals surface area contributed by atoms with Crippen LogP contribution < -0.4 is 4.90 Å². The Hall–Kier alpha value is -1.38. The molecular formula is C18H20IN3OS. The van der Waals surface area contributed by atoms with Gasteiger partial charge in [-0.3, -0.25) is 0 Å². The molecule has 0 saturated carbocycles. The fraction of sp³-hybridized carbons (Fsp3) is 0.278. The summed E-state index contributed by atoms with van der Waals surface area (Å²) in [5.74, 6) is 0.970. The van der Waals surface area contributed by atoms with Crippen molar-refractivity contribution in [1.82, 2.24) is 9.55 Å². The van der Waals surface area contributed by atoms with Crippen molar-refractivity contribution in [2.24, 2.45) is 0 Å². The van der Waals surface area contributed by atoms with Crippen molar-refractivity contribution in [3.8, 4) is 0 Å². The molecule has 0 radical (unpaired) electrons. The van der Waals surface area contributed by atoms with Crippen LogP contribution in [0.3, 0.4) is 0 Å². The third-order valence-corrected chi connectivity index (χ3v) is 5.80. The molecule has 0 unspecified atom stereocenters. The number of rotatable bonds is 6. The summed E-state index contributed by atoms with van der Waals surface area (Å²) in [4.78, 5) is 8.05. The smallest absolute Gasteiger partial charge is 0.133 e. The number of anilines is 1. The van der Waals surface area contributed by atoms with E-state index in [2.05, 4.69) is 81.5 Å². The molecule has 0 bridgehead atoms. The Labute approximate surface area is 159 Å². The van der Waals surface area contributed by atoms with E-state index in [9.17, 15) is 0 Å². The Balaban J connectivity index is 1.98. The van der Waals surface area contributed by atoms with Gasteiger partial charge in [0.2, 0.25) is 0 Å². The van der Waals surface area contributed by atoms with E-state index in [4.69, 9.17) is 10.1 Å². The normalized spacial score (nSPS) is 11.7. The van der Waals surface area contributed by atoms with Gasteiger partial charge in [0.05, 0.1) is 20.5 Å². The highest BCUT2D eigenvalue weighted by atomic mass is 127. The van der Waals surface area contributed by atoms with Crippen molar-refractivity contribution in [2.75, 3.05) is 25.1 Å². The Kier molecular flexibility index (Phi) is 5.57. The summed E-state index contributed by atoms with van der Waals surface area (Å²) in [6, 6.07) is 10.5. The maximum atomic E-state index is 9.13. The lowest BCUT2D eigenvalue weighted by Gasteiger charge is -2.18. The van der Waals surface area contributed by atoms with E-state index in [-0.39, 0.29) is 6.61 Å². The number of aromatic nitrogens is 2. The molecule has 0 aliphatic rings. The molecule has 4 nitrogen and oxygen atoms in total. The maximum Gasteiger partial charge on any atom is 0.133 e. The first-order valence-corrected chi connectivity index (χ1v) is 9.77. The molecule has 3 rings (SSSR count). The molecule has 0 spiro atoms. The third kappa shape index (κ3) is 3.65. The molecule has 0 amide bonds. The predicted molar refractivity (Wildman–Crippen MR) is 112 cm³/mol. The van der Waals surface area contributed by atoms with Crippen molar-refractivity contribution in [3.63, 3.8) is 0 Å². The van der Waals surface area contributed by atoms with E-state index in [1.54, 1.807) is 11.3 Å². The SMILES string of the molecule is CCn1c(/C=C/c2ccc(I)s2)nc2ccc(N(C)CCO)cc21. The summed E-state index contributed by atoms with van der Waals surface area (Å²) in [5, 5.41) is 9.13. The molecule has 0 fully saturated rings. The molecule has 0 aliphatic carbocycles. The lowest BCUT2D eigenvalue weighted by atomic mass is 10.2. The first kappa shape index (κ1) is 17.4. The molecule has 1 aromatic carbocycles. The quantitative estimate of drug-likeness (QED) is 0.566. The number of benzene rings is 1. The predicted octanol–water partition coefficient (Wildman–Crippen LogP) is 4.32. The van der Waals surface area contributed by atoms with E-state index in [0.29, 0.717) is 6.54 Å². The van der Waals surface area contributed by atoms with Crippen molar-refractivity contribution < 1.29 is 5.11 Å². The molecule has 1 N–H and O–H groups in total. The van der Waals surface area contributed by atoms with Crippen LogP contribution in [0.15, 0.2) is 30.3 Å². The second kappa shape index (κ2) is 7.67. The molecular weight excluding hydrogens is 433 g/mol. The number of fused-ring (bicyclic) bond motifs is 1. The average molecular weight is 453 g/mol. The third-order valence-electron chi connectivity index (χ3n) is 3.94. The summed E-state index contributed by atoms with van der Waals surface area (Å²) >= 11 is 4.11. The van der Waals surface area contributed by atoms with E-state index in [0.717, 1.165) is 29.1 Å². The summed E-state index contributed by atoms with van der Waals surface area (Å²) < 4.78 is 3.51. The number of nitrogens with zero attached hydrogens (tertiary/aromatic N) is 3. The maximum absolute atomic E-state index is 9.13. The van der Waals surface area contributed by atoms with Crippen molar-refractivity contribution in [1.29, 1.82) is 0 Å². The summed E-state index contributed by atoms with van der Waals surface area (Å²) in [5.41, 5.74) is 3.22. The Morgan fingerprint density at radius 2 is 2.12 bits per heavy atom. The zero-order valence-electron chi connectivity index (χ0n) is 13.7. The van der Waals surface area contributed by atoms with Gasteiger partial charge in [0, 0.05) is 30.7 Å². The Bertz CT molecular complexity index is 868. The molecule has 0 aliphatic heterocycles. The van der Waals surface area contributed by atoms with Gasteiger partial charge >= 0.3 is 0 Å². The van der Waals surface area contributed by atoms with E-state index in [1.165, 1.54) is 7.76 Å². The van der Waals surface area contributed by atoms with Crippen LogP contribution in [0.1, 0.15) is 17.6 Å². The standard InChI is InChI=1S/C18H20IN3OS/c1-3-22-16-12-13(21(2)10-11-23)4-7-15(16)20-18(22)9-6-14-5-8-17(19)24-14/h4-9,12,23H,3,10-11H2,1-2H3/b9-6+. The van der Waals surface area contributed by atoms with Crippen molar-refractivity contribution >= 4 is 62.8 Å².